The molecule has 0 aliphatic heterocycles. The highest BCUT2D eigenvalue weighted by atomic mass is 19.2. The molecule has 4 nitrogen and oxygen atoms in total. The van der Waals surface area contributed by atoms with E-state index in [9.17, 15) is 13.6 Å². The van der Waals surface area contributed by atoms with Crippen molar-refractivity contribution in [3.63, 3.8) is 0 Å². The summed E-state index contributed by atoms with van der Waals surface area (Å²) in [7, 11) is 1.36. The van der Waals surface area contributed by atoms with Crippen LogP contribution in [0, 0.1) is 18.6 Å². The number of nitrogens with zero attached hydrogens (tertiary/aromatic N) is 1. The number of halogens is 2. The maximum Gasteiger partial charge on any atom is 0.259 e. The molecule has 0 spiro atoms. The number of methoxy groups -OCH3 is 1. The number of hydrogen-bond donors (Lipinski definition) is 1. The Hall–Kier alpha value is -2.76. The standard InChI is InChI=1S/C16H12F2N2O2/c1-8-12(22-2)7-10(14(18)13(8)17)15-19-11-6-4-3-5-9(11)16(21)20-15/h3-7H,1-2H3,(H,19,20,21). The quantitative estimate of drug-likeness (QED) is 0.791. The third kappa shape index (κ3) is 2.13. The highest BCUT2D eigenvalue weighted by Crippen LogP contribution is 2.31. The molecule has 0 fully saturated rings. The molecule has 112 valence electrons. The zero-order valence-corrected chi connectivity index (χ0v) is 11.9. The Kier molecular flexibility index (Phi) is 3.36. The monoisotopic (exact) mass is 302 g/mol. The van der Waals surface area contributed by atoms with Gasteiger partial charge in [0.2, 0.25) is 0 Å². The fraction of sp³-hybridized carbons (Fsp3) is 0.125. The Bertz CT molecular complexity index is 935. The maximum absolute atomic E-state index is 14.2. The molecular weight excluding hydrogens is 290 g/mol. The number of aromatic amines is 1. The van der Waals surface area contributed by atoms with Gasteiger partial charge >= 0.3 is 0 Å². The summed E-state index contributed by atoms with van der Waals surface area (Å²) in [6.45, 7) is 1.41. The van der Waals surface area contributed by atoms with Gasteiger partial charge in [0, 0.05) is 5.56 Å². The van der Waals surface area contributed by atoms with Gasteiger partial charge in [0.1, 0.15) is 11.6 Å². The van der Waals surface area contributed by atoms with Crippen molar-refractivity contribution in [1.29, 1.82) is 0 Å². The summed E-state index contributed by atoms with van der Waals surface area (Å²) in [5.41, 5.74) is -0.102. The van der Waals surface area contributed by atoms with Crippen LogP contribution in [0.2, 0.25) is 0 Å². The van der Waals surface area contributed by atoms with Gasteiger partial charge in [-0.3, -0.25) is 4.79 Å². The molecule has 6 heteroatoms. The lowest BCUT2D eigenvalue weighted by Crippen LogP contribution is -2.10. The smallest absolute Gasteiger partial charge is 0.259 e. The van der Waals surface area contributed by atoms with Crippen LogP contribution in [0.1, 0.15) is 5.56 Å². The first-order chi connectivity index (χ1) is 10.5. The number of hydrogen-bond acceptors (Lipinski definition) is 3. The van der Waals surface area contributed by atoms with E-state index in [-0.39, 0.29) is 22.7 Å². The van der Waals surface area contributed by atoms with Gasteiger partial charge in [-0.25, -0.2) is 13.8 Å². The lowest BCUT2D eigenvalue weighted by atomic mass is 10.1. The molecule has 0 atom stereocenters. The molecule has 0 aliphatic carbocycles. The van der Waals surface area contributed by atoms with Crippen molar-refractivity contribution in [3.05, 3.63) is 57.9 Å². The molecule has 0 bridgehead atoms. The van der Waals surface area contributed by atoms with Crippen molar-refractivity contribution in [2.75, 3.05) is 7.11 Å². The number of nitrogens with one attached hydrogen (secondary N) is 1. The molecule has 1 heterocycles. The van der Waals surface area contributed by atoms with Gasteiger partial charge in [-0.1, -0.05) is 12.1 Å². The second kappa shape index (κ2) is 5.22. The molecule has 0 saturated heterocycles. The second-order valence-corrected chi connectivity index (χ2v) is 4.81. The predicted molar refractivity (Wildman–Crippen MR) is 79.0 cm³/mol. The summed E-state index contributed by atoms with van der Waals surface area (Å²) in [5.74, 6) is -1.95. The van der Waals surface area contributed by atoms with E-state index in [1.54, 1.807) is 24.3 Å². The molecular formula is C16H12F2N2O2. The molecule has 1 aromatic heterocycles. The van der Waals surface area contributed by atoms with Gasteiger partial charge in [-0.05, 0) is 25.1 Å². The van der Waals surface area contributed by atoms with Crippen LogP contribution >= 0.6 is 0 Å². The zero-order valence-electron chi connectivity index (χ0n) is 11.9. The average Bonchev–Trinajstić information content (AvgIpc) is 2.53. The minimum atomic E-state index is -1.07. The van der Waals surface area contributed by atoms with Gasteiger partial charge in [-0.2, -0.15) is 0 Å². The van der Waals surface area contributed by atoms with Crippen LogP contribution in [-0.2, 0) is 0 Å². The van der Waals surface area contributed by atoms with E-state index < -0.39 is 17.2 Å². The summed E-state index contributed by atoms with van der Waals surface area (Å²) >= 11 is 0. The summed E-state index contributed by atoms with van der Waals surface area (Å²) < 4.78 is 33.2. The van der Waals surface area contributed by atoms with Crippen molar-refractivity contribution in [3.8, 4) is 17.1 Å². The topological polar surface area (TPSA) is 55.0 Å². The summed E-state index contributed by atoms with van der Waals surface area (Å²) in [6.07, 6.45) is 0. The number of rotatable bonds is 2. The van der Waals surface area contributed by atoms with Gasteiger partial charge in [0.15, 0.2) is 11.6 Å². The lowest BCUT2D eigenvalue weighted by molar-refractivity contribution is 0.402. The molecule has 0 radical (unpaired) electrons. The molecule has 3 aromatic rings. The molecule has 22 heavy (non-hydrogen) atoms. The number of fused-ring (bicyclic) bond motifs is 1. The van der Waals surface area contributed by atoms with E-state index in [4.69, 9.17) is 4.74 Å². The van der Waals surface area contributed by atoms with Gasteiger partial charge in [-0.15, -0.1) is 0 Å². The fourth-order valence-corrected chi connectivity index (χ4v) is 2.29. The van der Waals surface area contributed by atoms with Crippen molar-refractivity contribution < 1.29 is 13.5 Å². The Morgan fingerprint density at radius 3 is 2.64 bits per heavy atom. The van der Waals surface area contributed by atoms with Crippen LogP contribution < -0.4 is 10.3 Å². The first-order valence-corrected chi connectivity index (χ1v) is 6.55. The molecule has 0 amide bonds. The number of H-pyrrole nitrogens is 1. The van der Waals surface area contributed by atoms with Crippen LogP contribution in [-0.4, -0.2) is 17.1 Å². The Balaban J connectivity index is 2.32. The Morgan fingerprint density at radius 2 is 1.91 bits per heavy atom. The van der Waals surface area contributed by atoms with Crippen LogP contribution in [0.3, 0.4) is 0 Å². The van der Waals surface area contributed by atoms with Crippen LogP contribution in [0.4, 0.5) is 8.78 Å². The van der Waals surface area contributed by atoms with Gasteiger partial charge in [0.05, 0.1) is 23.6 Å². The highest BCUT2D eigenvalue weighted by molar-refractivity contribution is 5.79. The molecule has 3 rings (SSSR count). The van der Waals surface area contributed by atoms with Crippen LogP contribution in [0.15, 0.2) is 35.1 Å². The third-order valence-electron chi connectivity index (χ3n) is 3.49. The van der Waals surface area contributed by atoms with Crippen LogP contribution in [0.5, 0.6) is 5.75 Å². The van der Waals surface area contributed by atoms with E-state index in [1.807, 2.05) is 0 Å². The maximum atomic E-state index is 14.2. The van der Waals surface area contributed by atoms with Crippen LogP contribution in [0.25, 0.3) is 22.3 Å². The summed E-state index contributed by atoms with van der Waals surface area (Å²) in [4.78, 5) is 18.7. The van der Waals surface area contributed by atoms with Crippen molar-refractivity contribution in [1.82, 2.24) is 9.97 Å². The second-order valence-electron chi connectivity index (χ2n) is 4.81. The average molecular weight is 302 g/mol. The molecule has 0 aliphatic rings. The van der Waals surface area contributed by atoms with E-state index in [1.165, 1.54) is 20.1 Å². The van der Waals surface area contributed by atoms with E-state index >= 15 is 0 Å². The minimum absolute atomic E-state index is 0.0431. The SMILES string of the molecule is COc1cc(-c2nc3ccccc3c(=O)[nH]2)c(F)c(F)c1C. The first kappa shape index (κ1) is 14.2. The van der Waals surface area contributed by atoms with Gasteiger partial charge in [0.25, 0.3) is 5.56 Å². The first-order valence-electron chi connectivity index (χ1n) is 6.55. The highest BCUT2D eigenvalue weighted by Gasteiger charge is 2.19. The van der Waals surface area contributed by atoms with Crippen molar-refractivity contribution >= 4 is 10.9 Å². The van der Waals surface area contributed by atoms with Crippen molar-refractivity contribution in [2.45, 2.75) is 6.92 Å². The normalized spacial score (nSPS) is 10.9. The number of para-hydroxylation sites is 1. The van der Waals surface area contributed by atoms with E-state index in [0.717, 1.165) is 0 Å². The molecule has 1 N–H and O–H groups in total. The number of benzene rings is 2. The summed E-state index contributed by atoms with van der Waals surface area (Å²) in [5, 5.41) is 0.381. The van der Waals surface area contributed by atoms with E-state index in [0.29, 0.717) is 10.9 Å². The Morgan fingerprint density at radius 1 is 1.18 bits per heavy atom. The molecule has 0 saturated carbocycles. The largest absolute Gasteiger partial charge is 0.496 e. The Labute approximate surface area is 124 Å². The predicted octanol–water partition coefficient (Wildman–Crippen LogP) is 3.19. The van der Waals surface area contributed by atoms with Gasteiger partial charge < -0.3 is 9.72 Å². The minimum Gasteiger partial charge on any atom is -0.496 e. The number of aromatic nitrogens is 2. The van der Waals surface area contributed by atoms with Crippen molar-refractivity contribution in [2.24, 2.45) is 0 Å². The van der Waals surface area contributed by atoms with E-state index in [2.05, 4.69) is 9.97 Å². The lowest BCUT2D eigenvalue weighted by Gasteiger charge is -2.11. The molecule has 2 aromatic carbocycles. The third-order valence-corrected chi connectivity index (χ3v) is 3.49. The zero-order chi connectivity index (χ0) is 15.9. The molecule has 0 unspecified atom stereocenters. The fourth-order valence-electron chi connectivity index (χ4n) is 2.29. The number of ether oxygens (including phenoxy) is 1. The summed E-state index contributed by atoms with van der Waals surface area (Å²) in [6, 6.07) is 7.98.